The Morgan fingerprint density at radius 1 is 1.40 bits per heavy atom. The molecular weight excluding hydrogens is 201 g/mol. The van der Waals surface area contributed by atoms with Gasteiger partial charge in [0.1, 0.15) is 11.5 Å². The molecule has 0 fully saturated rings. The summed E-state index contributed by atoms with van der Waals surface area (Å²) in [5.41, 5.74) is 0.0617. The fourth-order valence-corrected chi connectivity index (χ4v) is 1.08. The van der Waals surface area contributed by atoms with Gasteiger partial charge in [-0.3, -0.25) is 9.18 Å². The summed E-state index contributed by atoms with van der Waals surface area (Å²) in [5.74, 6) is -0.901. The molecule has 0 saturated carbocycles. The SMILES string of the molecule is O=C(NCCCF)c1ccc(O)cc1O. The van der Waals surface area contributed by atoms with Crippen molar-refractivity contribution < 1.29 is 19.4 Å². The Morgan fingerprint density at radius 3 is 2.73 bits per heavy atom. The second-order valence-corrected chi connectivity index (χ2v) is 3.00. The number of hydrogen-bond donors (Lipinski definition) is 3. The van der Waals surface area contributed by atoms with Gasteiger partial charge < -0.3 is 15.5 Å². The van der Waals surface area contributed by atoms with Crippen LogP contribution >= 0.6 is 0 Å². The van der Waals surface area contributed by atoms with Crippen molar-refractivity contribution in [2.24, 2.45) is 0 Å². The molecule has 1 amide bonds. The first-order valence-electron chi connectivity index (χ1n) is 4.51. The molecule has 0 bridgehead atoms. The maximum Gasteiger partial charge on any atom is 0.255 e. The highest BCUT2D eigenvalue weighted by Crippen LogP contribution is 2.22. The van der Waals surface area contributed by atoms with E-state index in [1.807, 2.05) is 0 Å². The maximum atomic E-state index is 11.7. The predicted octanol–water partition coefficient (Wildman–Crippen LogP) is 1.19. The number of alkyl halides is 1. The molecule has 1 aromatic carbocycles. The lowest BCUT2D eigenvalue weighted by molar-refractivity contribution is 0.0950. The zero-order valence-electron chi connectivity index (χ0n) is 8.03. The van der Waals surface area contributed by atoms with Crippen LogP contribution in [0.15, 0.2) is 18.2 Å². The molecule has 4 nitrogen and oxygen atoms in total. The third-order valence-corrected chi connectivity index (χ3v) is 1.82. The normalized spacial score (nSPS) is 9.93. The third kappa shape index (κ3) is 3.12. The quantitative estimate of drug-likeness (QED) is 0.658. The largest absolute Gasteiger partial charge is 0.508 e. The molecule has 1 rings (SSSR count). The monoisotopic (exact) mass is 213 g/mol. The first-order valence-corrected chi connectivity index (χ1v) is 4.51. The van der Waals surface area contributed by atoms with E-state index in [1.165, 1.54) is 12.1 Å². The van der Waals surface area contributed by atoms with Crippen LogP contribution < -0.4 is 5.32 Å². The van der Waals surface area contributed by atoms with Crippen LogP contribution in [-0.2, 0) is 0 Å². The lowest BCUT2D eigenvalue weighted by atomic mass is 10.2. The van der Waals surface area contributed by atoms with Gasteiger partial charge in [0.15, 0.2) is 0 Å². The lowest BCUT2D eigenvalue weighted by Gasteiger charge is -2.05. The van der Waals surface area contributed by atoms with E-state index < -0.39 is 12.6 Å². The van der Waals surface area contributed by atoms with Gasteiger partial charge in [0.05, 0.1) is 12.2 Å². The van der Waals surface area contributed by atoms with Gasteiger partial charge in [0, 0.05) is 12.6 Å². The van der Waals surface area contributed by atoms with Crippen LogP contribution in [-0.4, -0.2) is 29.3 Å². The fourth-order valence-electron chi connectivity index (χ4n) is 1.08. The minimum Gasteiger partial charge on any atom is -0.508 e. The van der Waals surface area contributed by atoms with Crippen LogP contribution in [0.5, 0.6) is 11.5 Å². The van der Waals surface area contributed by atoms with Crippen LogP contribution in [0.4, 0.5) is 4.39 Å². The van der Waals surface area contributed by atoms with E-state index in [0.717, 1.165) is 6.07 Å². The standard InChI is InChI=1S/C10H12FNO3/c11-4-1-5-12-10(15)8-3-2-7(13)6-9(8)14/h2-3,6,13-14H,1,4-5H2,(H,12,15). The highest BCUT2D eigenvalue weighted by atomic mass is 19.1. The van der Waals surface area contributed by atoms with Crippen molar-refractivity contribution in [3.63, 3.8) is 0 Å². The minimum absolute atomic E-state index is 0.0617. The summed E-state index contributed by atoms with van der Waals surface area (Å²) >= 11 is 0. The molecular formula is C10H12FNO3. The zero-order valence-corrected chi connectivity index (χ0v) is 8.03. The van der Waals surface area contributed by atoms with E-state index in [2.05, 4.69) is 5.32 Å². The molecule has 0 aliphatic carbocycles. The van der Waals surface area contributed by atoms with Crippen molar-refractivity contribution in [3.8, 4) is 11.5 Å². The molecule has 1 aromatic rings. The zero-order chi connectivity index (χ0) is 11.3. The minimum atomic E-state index is -0.498. The Kier molecular flexibility index (Phi) is 3.91. The van der Waals surface area contributed by atoms with E-state index in [4.69, 9.17) is 5.11 Å². The van der Waals surface area contributed by atoms with Crippen molar-refractivity contribution in [2.45, 2.75) is 6.42 Å². The summed E-state index contributed by atoms with van der Waals surface area (Å²) in [4.78, 5) is 11.4. The summed E-state index contributed by atoms with van der Waals surface area (Å²) in [6.07, 6.45) is 0.241. The van der Waals surface area contributed by atoms with Gasteiger partial charge in [-0.15, -0.1) is 0 Å². The number of hydrogen-bond acceptors (Lipinski definition) is 3. The molecule has 0 heterocycles. The summed E-state index contributed by atoms with van der Waals surface area (Å²) < 4.78 is 11.7. The number of phenols is 2. The topological polar surface area (TPSA) is 69.6 Å². The first-order chi connectivity index (χ1) is 7.15. The van der Waals surface area contributed by atoms with Crippen molar-refractivity contribution in [1.29, 1.82) is 0 Å². The molecule has 0 radical (unpaired) electrons. The van der Waals surface area contributed by atoms with Gasteiger partial charge in [-0.2, -0.15) is 0 Å². The number of phenolic OH excluding ortho intramolecular Hbond substituents is 2. The smallest absolute Gasteiger partial charge is 0.255 e. The highest BCUT2D eigenvalue weighted by Gasteiger charge is 2.10. The second-order valence-electron chi connectivity index (χ2n) is 3.00. The van der Waals surface area contributed by atoms with E-state index in [-0.39, 0.29) is 30.0 Å². The van der Waals surface area contributed by atoms with E-state index >= 15 is 0 Å². The molecule has 0 aliphatic rings. The molecule has 0 spiro atoms. The molecule has 0 aliphatic heterocycles. The molecule has 0 unspecified atom stereocenters. The second kappa shape index (κ2) is 5.19. The molecule has 82 valence electrons. The number of benzene rings is 1. The van der Waals surface area contributed by atoms with Gasteiger partial charge in [-0.1, -0.05) is 0 Å². The molecule has 0 saturated heterocycles. The van der Waals surface area contributed by atoms with Crippen LogP contribution in [0, 0.1) is 0 Å². The van der Waals surface area contributed by atoms with Gasteiger partial charge in [0.25, 0.3) is 5.91 Å². The number of halogens is 1. The van der Waals surface area contributed by atoms with Crippen LogP contribution in [0.1, 0.15) is 16.8 Å². The molecule has 3 N–H and O–H groups in total. The molecule has 15 heavy (non-hydrogen) atoms. The summed E-state index contributed by atoms with van der Waals surface area (Å²) in [5, 5.41) is 20.8. The van der Waals surface area contributed by atoms with Gasteiger partial charge >= 0.3 is 0 Å². The maximum absolute atomic E-state index is 11.7. The van der Waals surface area contributed by atoms with E-state index in [9.17, 15) is 14.3 Å². The van der Waals surface area contributed by atoms with Gasteiger partial charge in [-0.05, 0) is 18.6 Å². The number of rotatable bonds is 4. The average molecular weight is 213 g/mol. The van der Waals surface area contributed by atoms with Gasteiger partial charge in [-0.25, -0.2) is 0 Å². The number of amides is 1. The van der Waals surface area contributed by atoms with Crippen LogP contribution in [0.3, 0.4) is 0 Å². The predicted molar refractivity (Wildman–Crippen MR) is 52.7 cm³/mol. The van der Waals surface area contributed by atoms with E-state index in [0.29, 0.717) is 0 Å². The number of carbonyl (C=O) groups excluding carboxylic acids is 1. The average Bonchev–Trinajstić information content (AvgIpc) is 2.17. The molecule has 0 atom stereocenters. The Morgan fingerprint density at radius 2 is 2.13 bits per heavy atom. The number of nitrogens with one attached hydrogen (secondary N) is 1. The Hall–Kier alpha value is -1.78. The summed E-state index contributed by atoms with van der Waals surface area (Å²) in [6.45, 7) is -0.280. The van der Waals surface area contributed by atoms with Crippen molar-refractivity contribution in [3.05, 3.63) is 23.8 Å². The van der Waals surface area contributed by atoms with Gasteiger partial charge in [0.2, 0.25) is 0 Å². The van der Waals surface area contributed by atoms with Crippen molar-refractivity contribution >= 4 is 5.91 Å². The van der Waals surface area contributed by atoms with E-state index in [1.54, 1.807) is 0 Å². The Balaban J connectivity index is 2.65. The molecule has 0 aromatic heterocycles. The number of carbonyl (C=O) groups is 1. The van der Waals surface area contributed by atoms with Crippen LogP contribution in [0.2, 0.25) is 0 Å². The summed E-state index contributed by atoms with van der Waals surface area (Å²) in [6, 6.07) is 3.67. The molecule has 5 heteroatoms. The lowest BCUT2D eigenvalue weighted by Crippen LogP contribution is -2.24. The summed E-state index contributed by atoms with van der Waals surface area (Å²) in [7, 11) is 0. The van der Waals surface area contributed by atoms with Crippen molar-refractivity contribution in [1.82, 2.24) is 5.32 Å². The first kappa shape index (κ1) is 11.3. The van der Waals surface area contributed by atoms with Crippen molar-refractivity contribution in [2.75, 3.05) is 13.2 Å². The fraction of sp³-hybridized carbons (Fsp3) is 0.300. The third-order valence-electron chi connectivity index (χ3n) is 1.82. The Bertz CT molecular complexity index is 355. The Labute approximate surface area is 86.4 Å². The van der Waals surface area contributed by atoms with Crippen LogP contribution in [0.25, 0.3) is 0 Å². The highest BCUT2D eigenvalue weighted by molar-refractivity contribution is 5.96. The number of aromatic hydroxyl groups is 2.